The minimum atomic E-state index is -0.760. The summed E-state index contributed by atoms with van der Waals surface area (Å²) in [4.78, 5) is 40.7. The van der Waals surface area contributed by atoms with Gasteiger partial charge in [-0.05, 0) is 50.9 Å². The zero-order chi connectivity index (χ0) is 28.1. The van der Waals surface area contributed by atoms with Crippen LogP contribution in [0.2, 0.25) is 0 Å². The Hall–Kier alpha value is -3.79. The summed E-state index contributed by atoms with van der Waals surface area (Å²) in [5.41, 5.74) is 3.28. The number of carbonyl (C=O) groups is 2. The number of nitrogens with zero attached hydrogens (tertiary/aromatic N) is 6. The van der Waals surface area contributed by atoms with E-state index in [4.69, 9.17) is 14.5 Å². The molecule has 39 heavy (non-hydrogen) atoms. The molecule has 2 aliphatic rings. The van der Waals surface area contributed by atoms with E-state index in [-0.39, 0.29) is 18.0 Å². The molecule has 0 saturated carbocycles. The van der Waals surface area contributed by atoms with Crippen LogP contribution in [0, 0.1) is 11.3 Å². The van der Waals surface area contributed by atoms with Gasteiger partial charge < -0.3 is 19.7 Å². The summed E-state index contributed by atoms with van der Waals surface area (Å²) in [6.45, 7) is 6.58. The number of nitriles is 1. The van der Waals surface area contributed by atoms with Gasteiger partial charge in [0.05, 0.1) is 17.8 Å². The van der Waals surface area contributed by atoms with E-state index in [2.05, 4.69) is 21.7 Å². The van der Waals surface area contributed by atoms with Crippen molar-refractivity contribution >= 4 is 29.3 Å². The molecule has 0 bridgehead atoms. The molecule has 0 radical (unpaired) electrons. The number of pyridine rings is 2. The first-order valence-electron chi connectivity index (χ1n) is 13.0. The Kier molecular flexibility index (Phi) is 8.96. The highest BCUT2D eigenvalue weighted by molar-refractivity contribution is 6.01. The van der Waals surface area contributed by atoms with E-state index in [0.29, 0.717) is 54.8 Å². The molecule has 2 N–H and O–H groups in total. The molecule has 4 rings (SSSR count). The third-order valence-corrected chi connectivity index (χ3v) is 6.75. The lowest BCUT2D eigenvalue weighted by Crippen LogP contribution is -2.48. The van der Waals surface area contributed by atoms with Gasteiger partial charge in [-0.2, -0.15) is 5.26 Å². The summed E-state index contributed by atoms with van der Waals surface area (Å²) in [7, 11) is 5.00. The lowest BCUT2D eigenvalue weighted by Gasteiger charge is -2.34. The number of anilines is 3. The summed E-state index contributed by atoms with van der Waals surface area (Å²) in [5, 5.41) is 15.5. The first-order valence-corrected chi connectivity index (χ1v) is 13.0. The fourth-order valence-electron chi connectivity index (χ4n) is 4.82. The zero-order valence-corrected chi connectivity index (χ0v) is 23.2. The molecule has 12 heteroatoms. The average Bonchev–Trinajstić information content (AvgIpc) is 2.90. The first kappa shape index (κ1) is 28.2. The van der Waals surface area contributed by atoms with E-state index in [1.165, 1.54) is 20.4 Å². The van der Waals surface area contributed by atoms with Gasteiger partial charge >= 0.3 is 6.03 Å². The molecular formula is C27H36N8O4. The Morgan fingerprint density at radius 3 is 2.64 bits per heavy atom. The lowest BCUT2D eigenvalue weighted by atomic mass is 10.0. The maximum atomic E-state index is 13.4. The molecule has 0 atom stereocenters. The maximum absolute atomic E-state index is 13.4. The van der Waals surface area contributed by atoms with E-state index in [9.17, 15) is 14.9 Å². The number of aryl methyl sites for hydroxylation is 1. The van der Waals surface area contributed by atoms with E-state index in [1.54, 1.807) is 11.0 Å². The standard InChI is InChI=1S/C27H36N8O4/c1-17(2)30-21-12-22(29-14-20(21)13-28)31-27(37)35-8-6-7-18-11-19(15-34-10-9-33(3)16-23(34)36)24(32-25(18)35)26(38-4)39-5/h11-12,14,17,26H,6-10,15-16H2,1-5H3,(H2,29,30,31,37). The topological polar surface area (TPSA) is 136 Å². The van der Waals surface area contributed by atoms with Crippen LogP contribution in [0.5, 0.6) is 0 Å². The molecule has 4 heterocycles. The van der Waals surface area contributed by atoms with Gasteiger partial charge in [0.2, 0.25) is 12.2 Å². The normalized spacial score (nSPS) is 15.9. The smallest absolute Gasteiger partial charge is 0.328 e. The number of carbonyl (C=O) groups excluding carboxylic acids is 2. The van der Waals surface area contributed by atoms with Crippen LogP contribution in [0.25, 0.3) is 0 Å². The molecule has 2 aliphatic heterocycles. The lowest BCUT2D eigenvalue weighted by molar-refractivity contribution is -0.136. The van der Waals surface area contributed by atoms with Gasteiger partial charge in [-0.25, -0.2) is 14.8 Å². The third kappa shape index (κ3) is 6.44. The fourth-order valence-corrected chi connectivity index (χ4v) is 4.82. The van der Waals surface area contributed by atoms with Crippen LogP contribution in [-0.2, 0) is 27.2 Å². The number of fused-ring (bicyclic) bond motifs is 1. The zero-order valence-electron chi connectivity index (χ0n) is 23.2. The molecule has 0 unspecified atom stereocenters. The van der Waals surface area contributed by atoms with Crippen LogP contribution in [0.3, 0.4) is 0 Å². The molecule has 1 saturated heterocycles. The van der Waals surface area contributed by atoms with Crippen molar-refractivity contribution in [1.82, 2.24) is 19.8 Å². The average molecular weight is 537 g/mol. The van der Waals surface area contributed by atoms with Gasteiger partial charge in [0, 0.05) is 58.7 Å². The number of piperazine rings is 1. The van der Waals surface area contributed by atoms with Gasteiger partial charge in [0.1, 0.15) is 23.4 Å². The number of aromatic nitrogens is 2. The Morgan fingerprint density at radius 1 is 1.21 bits per heavy atom. The van der Waals surface area contributed by atoms with Crippen LogP contribution in [-0.4, -0.2) is 85.2 Å². The number of likely N-dealkylation sites (N-methyl/N-ethyl adjacent to an activating group) is 1. The summed E-state index contributed by atoms with van der Waals surface area (Å²) in [6.07, 6.45) is 2.18. The Bertz CT molecular complexity index is 1260. The minimum absolute atomic E-state index is 0.0565. The summed E-state index contributed by atoms with van der Waals surface area (Å²) < 4.78 is 11.1. The number of amides is 3. The van der Waals surface area contributed by atoms with Gasteiger partial charge in [-0.15, -0.1) is 0 Å². The Balaban J connectivity index is 1.63. The highest BCUT2D eigenvalue weighted by Gasteiger charge is 2.30. The van der Waals surface area contributed by atoms with E-state index in [1.807, 2.05) is 36.8 Å². The van der Waals surface area contributed by atoms with Gasteiger partial charge in [-0.1, -0.05) is 0 Å². The number of ether oxygens (including phenoxy) is 2. The molecule has 0 aliphatic carbocycles. The van der Waals surface area contributed by atoms with Crippen molar-refractivity contribution in [3.05, 3.63) is 40.7 Å². The monoisotopic (exact) mass is 536 g/mol. The second-order valence-corrected chi connectivity index (χ2v) is 10.1. The predicted molar refractivity (Wildman–Crippen MR) is 146 cm³/mol. The molecule has 3 amide bonds. The van der Waals surface area contributed by atoms with Gasteiger partial charge in [0.15, 0.2) is 0 Å². The fraction of sp³-hybridized carbons (Fsp3) is 0.519. The van der Waals surface area contributed by atoms with Crippen molar-refractivity contribution in [3.8, 4) is 6.07 Å². The minimum Gasteiger partial charge on any atom is -0.382 e. The van der Waals surface area contributed by atoms with E-state index >= 15 is 0 Å². The highest BCUT2D eigenvalue weighted by Crippen LogP contribution is 2.32. The number of hydrogen-bond acceptors (Lipinski definition) is 9. The summed E-state index contributed by atoms with van der Waals surface area (Å²) >= 11 is 0. The molecule has 208 valence electrons. The molecular weight excluding hydrogens is 500 g/mol. The second kappa shape index (κ2) is 12.4. The van der Waals surface area contributed by atoms with Crippen molar-refractivity contribution in [2.24, 2.45) is 0 Å². The number of hydrogen-bond donors (Lipinski definition) is 2. The van der Waals surface area contributed by atoms with Crippen LogP contribution in [0.4, 0.5) is 22.1 Å². The largest absolute Gasteiger partial charge is 0.382 e. The second-order valence-electron chi connectivity index (χ2n) is 10.1. The molecule has 2 aromatic heterocycles. The SMILES string of the molecule is COC(OC)c1nc2c(cc1CN1CCN(C)CC1=O)CCCN2C(=O)Nc1cc(NC(C)C)c(C#N)cn1. The van der Waals surface area contributed by atoms with Gasteiger partial charge in [0.25, 0.3) is 0 Å². The van der Waals surface area contributed by atoms with Crippen molar-refractivity contribution in [2.75, 3.05) is 63.0 Å². The van der Waals surface area contributed by atoms with E-state index < -0.39 is 6.29 Å². The predicted octanol–water partition coefficient (Wildman–Crippen LogP) is 2.72. The first-order chi connectivity index (χ1) is 18.7. The maximum Gasteiger partial charge on any atom is 0.328 e. The van der Waals surface area contributed by atoms with Crippen LogP contribution < -0.4 is 15.5 Å². The third-order valence-electron chi connectivity index (χ3n) is 6.75. The van der Waals surface area contributed by atoms with Gasteiger partial charge in [-0.3, -0.25) is 19.9 Å². The highest BCUT2D eigenvalue weighted by atomic mass is 16.7. The van der Waals surface area contributed by atoms with Crippen molar-refractivity contribution in [1.29, 1.82) is 5.26 Å². The molecule has 2 aromatic rings. The van der Waals surface area contributed by atoms with Crippen molar-refractivity contribution < 1.29 is 19.1 Å². The van der Waals surface area contributed by atoms with Crippen LogP contribution in [0.1, 0.15) is 48.9 Å². The number of nitrogens with one attached hydrogen (secondary N) is 2. The molecule has 12 nitrogen and oxygen atoms in total. The van der Waals surface area contributed by atoms with E-state index in [0.717, 1.165) is 30.5 Å². The molecule has 1 fully saturated rings. The number of urea groups is 1. The number of rotatable bonds is 8. The van der Waals surface area contributed by atoms with Crippen LogP contribution in [0.15, 0.2) is 18.3 Å². The van der Waals surface area contributed by atoms with Crippen molar-refractivity contribution in [3.63, 3.8) is 0 Å². The summed E-state index contributed by atoms with van der Waals surface area (Å²) in [6, 6.07) is 5.51. The quantitative estimate of drug-likeness (QED) is 0.488. The summed E-state index contributed by atoms with van der Waals surface area (Å²) in [5.74, 6) is 0.905. The number of methoxy groups -OCH3 is 2. The Morgan fingerprint density at radius 2 is 1.97 bits per heavy atom. The van der Waals surface area contributed by atoms with Crippen LogP contribution >= 0.6 is 0 Å². The molecule has 0 spiro atoms. The Labute approximate surface area is 228 Å². The van der Waals surface area contributed by atoms with Crippen molar-refractivity contribution in [2.45, 2.75) is 45.6 Å². The molecule has 0 aromatic carbocycles.